The number of aliphatic hydroxyl groups excluding tert-OH is 1. The van der Waals surface area contributed by atoms with Gasteiger partial charge in [0.1, 0.15) is 5.76 Å². The van der Waals surface area contributed by atoms with E-state index in [0.29, 0.717) is 25.0 Å². The normalized spacial score (nSPS) is 18.3. The summed E-state index contributed by atoms with van der Waals surface area (Å²) < 4.78 is 0. The van der Waals surface area contributed by atoms with Crippen LogP contribution in [0.4, 0.5) is 0 Å². The van der Waals surface area contributed by atoms with E-state index >= 15 is 0 Å². The monoisotopic (exact) mass is 351 g/mol. The van der Waals surface area contributed by atoms with Crippen molar-refractivity contribution in [3.8, 4) is 11.3 Å². The van der Waals surface area contributed by atoms with Crippen molar-refractivity contribution >= 4 is 12.0 Å². The number of rotatable bonds is 6. The zero-order valence-corrected chi connectivity index (χ0v) is 15.3. The highest BCUT2D eigenvalue weighted by atomic mass is 16.3. The smallest absolute Gasteiger partial charge is 0.168 e. The Hall–Kier alpha value is -2.66. The summed E-state index contributed by atoms with van der Waals surface area (Å²) in [5.74, 6) is 0.0901. The maximum absolute atomic E-state index is 12.5. The number of aromatic nitrogens is 1. The van der Waals surface area contributed by atoms with E-state index in [1.54, 1.807) is 0 Å². The number of H-pyrrole nitrogens is 1. The molecule has 0 saturated carbocycles. The molecule has 1 atom stereocenters. The first-order chi connectivity index (χ1) is 12.5. The Balaban J connectivity index is 1.71. The molecule has 0 fully saturated rings. The number of hydrogen-bond acceptors (Lipinski definition) is 4. The van der Waals surface area contributed by atoms with E-state index in [1.165, 1.54) is 6.21 Å². The Kier molecular flexibility index (Phi) is 5.68. The van der Waals surface area contributed by atoms with Crippen LogP contribution in [0.25, 0.3) is 11.3 Å². The molecule has 1 aromatic carbocycles. The third-order valence-electron chi connectivity index (χ3n) is 4.64. The Morgan fingerprint density at radius 3 is 2.73 bits per heavy atom. The minimum atomic E-state index is -0.0465. The molecule has 1 aromatic heterocycles. The highest BCUT2D eigenvalue weighted by Crippen LogP contribution is 2.34. The number of likely N-dealkylation sites (N-methyl/N-ethyl adjacent to an activating group) is 1. The Morgan fingerprint density at radius 1 is 1.27 bits per heavy atom. The molecule has 5 heteroatoms. The van der Waals surface area contributed by atoms with Crippen molar-refractivity contribution in [1.82, 2.24) is 9.88 Å². The molecule has 3 rings (SSSR count). The van der Waals surface area contributed by atoms with Crippen LogP contribution in [0, 0.1) is 0 Å². The topological polar surface area (TPSA) is 68.7 Å². The molecule has 1 aliphatic carbocycles. The van der Waals surface area contributed by atoms with Crippen LogP contribution >= 0.6 is 0 Å². The fourth-order valence-electron chi connectivity index (χ4n) is 3.14. The highest BCUT2D eigenvalue weighted by Gasteiger charge is 2.28. The standard InChI is InChI=1S/C21H25N3O2/c1-24(2)9-8-22-14-18-20(25)11-16(12-21(18)26)17-10-19(23-13-17)15-6-4-3-5-7-15/h3-7,10,13-14,16,23,25H,8-9,11-12H2,1-2H3. The van der Waals surface area contributed by atoms with Crippen LogP contribution in [-0.2, 0) is 4.79 Å². The zero-order valence-electron chi connectivity index (χ0n) is 15.3. The van der Waals surface area contributed by atoms with Crippen LogP contribution in [-0.4, -0.2) is 54.2 Å². The predicted molar refractivity (Wildman–Crippen MR) is 105 cm³/mol. The van der Waals surface area contributed by atoms with Gasteiger partial charge in [-0.2, -0.15) is 0 Å². The van der Waals surface area contributed by atoms with Crippen LogP contribution in [0.1, 0.15) is 24.3 Å². The molecule has 1 unspecified atom stereocenters. The second kappa shape index (κ2) is 8.15. The predicted octanol–water partition coefficient (Wildman–Crippen LogP) is 3.57. The first kappa shape index (κ1) is 18.1. The summed E-state index contributed by atoms with van der Waals surface area (Å²) in [6.45, 7) is 1.42. The van der Waals surface area contributed by atoms with Gasteiger partial charge in [-0.05, 0) is 37.2 Å². The van der Waals surface area contributed by atoms with Gasteiger partial charge in [0.2, 0.25) is 0 Å². The maximum Gasteiger partial charge on any atom is 0.168 e. The molecule has 1 heterocycles. The van der Waals surface area contributed by atoms with Crippen LogP contribution < -0.4 is 0 Å². The van der Waals surface area contributed by atoms with Crippen LogP contribution in [0.2, 0.25) is 0 Å². The molecule has 2 N–H and O–H groups in total. The number of aliphatic hydroxyl groups is 1. The van der Waals surface area contributed by atoms with E-state index in [9.17, 15) is 9.90 Å². The zero-order chi connectivity index (χ0) is 18.5. The van der Waals surface area contributed by atoms with Gasteiger partial charge in [-0.25, -0.2) is 0 Å². The fourth-order valence-corrected chi connectivity index (χ4v) is 3.14. The number of aromatic amines is 1. The van der Waals surface area contributed by atoms with Gasteiger partial charge < -0.3 is 15.0 Å². The van der Waals surface area contributed by atoms with Gasteiger partial charge in [0, 0.05) is 37.5 Å². The Labute approximate surface area is 154 Å². The van der Waals surface area contributed by atoms with E-state index in [4.69, 9.17) is 0 Å². The molecule has 0 spiro atoms. The third kappa shape index (κ3) is 4.29. The summed E-state index contributed by atoms with van der Waals surface area (Å²) in [5.41, 5.74) is 3.54. The van der Waals surface area contributed by atoms with Crippen molar-refractivity contribution in [1.29, 1.82) is 0 Å². The number of carbonyl (C=O) groups is 1. The van der Waals surface area contributed by atoms with Gasteiger partial charge >= 0.3 is 0 Å². The molecular formula is C21H25N3O2. The summed E-state index contributed by atoms with van der Waals surface area (Å²) in [6.07, 6.45) is 4.33. The lowest BCUT2D eigenvalue weighted by molar-refractivity contribution is -0.116. The molecule has 0 aliphatic heterocycles. The van der Waals surface area contributed by atoms with Crippen LogP contribution in [0.3, 0.4) is 0 Å². The minimum absolute atomic E-state index is 0.00450. The second-order valence-electron chi connectivity index (χ2n) is 6.94. The van der Waals surface area contributed by atoms with Crippen molar-refractivity contribution in [2.45, 2.75) is 18.8 Å². The third-order valence-corrected chi connectivity index (χ3v) is 4.64. The van der Waals surface area contributed by atoms with E-state index in [0.717, 1.165) is 23.4 Å². The number of carbonyl (C=O) groups excluding carboxylic acids is 1. The summed E-state index contributed by atoms with van der Waals surface area (Å²) >= 11 is 0. The van der Waals surface area contributed by atoms with Crippen molar-refractivity contribution < 1.29 is 9.90 Å². The van der Waals surface area contributed by atoms with E-state index < -0.39 is 0 Å². The summed E-state index contributed by atoms with van der Waals surface area (Å²) in [5, 5.41) is 10.4. The Bertz CT molecular complexity index is 819. The molecule has 0 amide bonds. The molecule has 5 nitrogen and oxygen atoms in total. The number of nitrogens with one attached hydrogen (secondary N) is 1. The molecular weight excluding hydrogens is 326 g/mol. The maximum atomic E-state index is 12.5. The van der Waals surface area contributed by atoms with Gasteiger partial charge in [0.15, 0.2) is 5.78 Å². The summed E-state index contributed by atoms with van der Waals surface area (Å²) in [7, 11) is 3.95. The lowest BCUT2D eigenvalue weighted by atomic mass is 9.84. The van der Waals surface area contributed by atoms with Gasteiger partial charge in [0.25, 0.3) is 0 Å². The molecule has 0 saturated heterocycles. The lowest BCUT2D eigenvalue weighted by Crippen LogP contribution is -2.20. The highest BCUT2D eigenvalue weighted by molar-refractivity contribution is 6.14. The van der Waals surface area contributed by atoms with Crippen LogP contribution in [0.15, 0.2) is 58.9 Å². The van der Waals surface area contributed by atoms with Crippen LogP contribution in [0.5, 0.6) is 0 Å². The number of benzene rings is 1. The number of allylic oxidation sites excluding steroid dienone is 2. The average Bonchev–Trinajstić information content (AvgIpc) is 3.11. The summed E-state index contributed by atoms with van der Waals surface area (Å²) in [4.78, 5) is 22.0. The second-order valence-corrected chi connectivity index (χ2v) is 6.94. The Morgan fingerprint density at radius 2 is 2.04 bits per heavy atom. The van der Waals surface area contributed by atoms with E-state index in [1.807, 2.05) is 55.5 Å². The summed E-state index contributed by atoms with van der Waals surface area (Å²) in [6, 6.07) is 12.1. The van der Waals surface area contributed by atoms with Gasteiger partial charge in [-0.3, -0.25) is 9.79 Å². The van der Waals surface area contributed by atoms with Crippen molar-refractivity contribution in [2.75, 3.05) is 27.2 Å². The fraction of sp³-hybridized carbons (Fsp3) is 0.333. The largest absolute Gasteiger partial charge is 0.511 e. The average molecular weight is 351 g/mol. The van der Waals surface area contributed by atoms with Crippen molar-refractivity contribution in [3.05, 3.63) is 59.5 Å². The SMILES string of the molecule is CN(C)CCN=CC1=C(O)CC(c2c[nH]c(-c3ccccc3)c2)CC1=O. The number of nitrogens with zero attached hydrogens (tertiary/aromatic N) is 2. The molecule has 1 aliphatic rings. The number of ketones is 1. The first-order valence-electron chi connectivity index (χ1n) is 8.88. The van der Waals surface area contributed by atoms with Gasteiger partial charge in [0.05, 0.1) is 12.1 Å². The molecule has 0 bridgehead atoms. The molecule has 136 valence electrons. The molecule has 0 radical (unpaired) electrons. The lowest BCUT2D eigenvalue weighted by Gasteiger charge is -2.21. The van der Waals surface area contributed by atoms with E-state index in [2.05, 4.69) is 16.0 Å². The van der Waals surface area contributed by atoms with Gasteiger partial charge in [-0.1, -0.05) is 30.3 Å². The van der Waals surface area contributed by atoms with Crippen molar-refractivity contribution in [2.24, 2.45) is 4.99 Å². The number of aliphatic imine (C=N–C) groups is 1. The molecule has 2 aromatic rings. The number of hydrogen-bond donors (Lipinski definition) is 2. The van der Waals surface area contributed by atoms with Gasteiger partial charge in [-0.15, -0.1) is 0 Å². The minimum Gasteiger partial charge on any atom is -0.511 e. The quantitative estimate of drug-likeness (QED) is 0.782. The molecule has 26 heavy (non-hydrogen) atoms. The van der Waals surface area contributed by atoms with E-state index in [-0.39, 0.29) is 17.5 Å². The number of Topliss-reactive ketones (excluding diaryl/α,β-unsaturated/α-hetero) is 1. The first-order valence-corrected chi connectivity index (χ1v) is 8.88. The van der Waals surface area contributed by atoms with Crippen molar-refractivity contribution in [3.63, 3.8) is 0 Å².